The lowest BCUT2D eigenvalue weighted by Crippen LogP contribution is -2.32. The molecule has 4 rings (SSSR count). The second-order valence-electron chi connectivity index (χ2n) is 8.26. The molecule has 0 spiro atoms. The number of hydrogen-bond donors (Lipinski definition) is 1. The number of aromatic nitrogens is 2. The minimum absolute atomic E-state index is 0.00261. The number of ketones is 1. The first kappa shape index (κ1) is 23.8. The topological polar surface area (TPSA) is 67.3 Å². The van der Waals surface area contributed by atoms with Crippen LogP contribution in [-0.4, -0.2) is 53.5 Å². The lowest BCUT2D eigenvalue weighted by Gasteiger charge is -2.20. The number of methoxy groups -OCH3 is 1. The van der Waals surface area contributed by atoms with Crippen molar-refractivity contribution in [2.75, 3.05) is 32.6 Å². The molecule has 2 aromatic carbocycles. The number of likely N-dealkylation sites (tertiary alicyclic amines) is 1. The molecule has 0 amide bonds. The Morgan fingerprint density at radius 2 is 2.24 bits per heavy atom. The Morgan fingerprint density at radius 1 is 1.41 bits per heavy atom. The maximum absolute atomic E-state index is 14.5. The number of hydrogen-bond acceptors (Lipinski definition) is 6. The molecule has 3 aromatic rings. The molecule has 0 bridgehead atoms. The summed E-state index contributed by atoms with van der Waals surface area (Å²) in [6.07, 6.45) is 3.58. The first-order valence-electron chi connectivity index (χ1n) is 10.7. The van der Waals surface area contributed by atoms with Gasteiger partial charge in [0.1, 0.15) is 17.7 Å². The summed E-state index contributed by atoms with van der Waals surface area (Å²) >= 11 is 5.92. The number of nitrogens with one attached hydrogen (secondary N) is 1. The molecule has 1 fully saturated rings. The van der Waals surface area contributed by atoms with E-state index in [9.17, 15) is 9.18 Å². The van der Waals surface area contributed by atoms with Gasteiger partial charge in [-0.2, -0.15) is 0 Å². The first-order chi connectivity index (χ1) is 16.3. The van der Waals surface area contributed by atoms with Crippen molar-refractivity contribution in [2.24, 2.45) is 0 Å². The Kier molecular flexibility index (Phi) is 6.94. The number of carbonyl (C=O) groups is 1. The van der Waals surface area contributed by atoms with Crippen LogP contribution < -0.4 is 5.32 Å². The van der Waals surface area contributed by atoms with Gasteiger partial charge < -0.3 is 15.0 Å². The van der Waals surface area contributed by atoms with Crippen LogP contribution in [0.1, 0.15) is 17.5 Å². The fourth-order valence-corrected chi connectivity index (χ4v) is 4.14. The zero-order valence-electron chi connectivity index (χ0n) is 19.0. The van der Waals surface area contributed by atoms with Crippen LogP contribution in [0.15, 0.2) is 49.3 Å². The molecule has 174 valence electrons. The molecule has 34 heavy (non-hydrogen) atoms. The minimum Gasteiger partial charge on any atom is -0.364 e. The molecule has 8 heteroatoms. The summed E-state index contributed by atoms with van der Waals surface area (Å²) in [6, 6.07) is 8.31. The number of halogens is 2. The number of allylic oxidation sites excluding steroid dienone is 1. The lowest BCUT2D eigenvalue weighted by atomic mass is 9.97. The highest BCUT2D eigenvalue weighted by atomic mass is 35.5. The summed E-state index contributed by atoms with van der Waals surface area (Å²) in [4.78, 5) is 23.1. The largest absolute Gasteiger partial charge is 0.364 e. The van der Waals surface area contributed by atoms with Gasteiger partial charge in [0, 0.05) is 44.0 Å². The van der Waals surface area contributed by atoms with Crippen LogP contribution in [0.3, 0.4) is 0 Å². The van der Waals surface area contributed by atoms with Gasteiger partial charge in [-0.05, 0) is 43.0 Å². The van der Waals surface area contributed by atoms with Crippen molar-refractivity contribution in [3.05, 3.63) is 71.3 Å². The van der Waals surface area contributed by atoms with Crippen LogP contribution in [0.5, 0.6) is 0 Å². The predicted molar refractivity (Wildman–Crippen MR) is 132 cm³/mol. The van der Waals surface area contributed by atoms with Crippen molar-refractivity contribution in [3.8, 4) is 11.8 Å². The molecule has 2 heterocycles. The summed E-state index contributed by atoms with van der Waals surface area (Å²) in [5.41, 5.74) is 1.60. The molecule has 1 aliphatic rings. The predicted octanol–water partition coefficient (Wildman–Crippen LogP) is 4.54. The van der Waals surface area contributed by atoms with Crippen LogP contribution in [0.25, 0.3) is 10.9 Å². The van der Waals surface area contributed by atoms with Crippen molar-refractivity contribution >= 4 is 39.8 Å². The third-order valence-electron chi connectivity index (χ3n) is 5.90. The molecule has 0 aliphatic carbocycles. The molecule has 1 N–H and O–H groups in total. The number of benzene rings is 2. The fourth-order valence-electron chi connectivity index (χ4n) is 3.96. The fraction of sp³-hybridized carbons (Fsp3) is 0.269. The molecule has 1 unspecified atom stereocenters. The monoisotopic (exact) mass is 478 g/mol. The maximum atomic E-state index is 14.5. The van der Waals surface area contributed by atoms with E-state index in [0.717, 1.165) is 13.0 Å². The van der Waals surface area contributed by atoms with E-state index >= 15 is 0 Å². The number of anilines is 2. The molecule has 1 aromatic heterocycles. The number of fused-ring (bicyclic) bond motifs is 1. The Balaban J connectivity index is 1.80. The molecule has 1 aliphatic heterocycles. The number of ether oxygens (including phenoxy) is 1. The first-order valence-corrected chi connectivity index (χ1v) is 11.1. The average molecular weight is 479 g/mol. The van der Waals surface area contributed by atoms with Gasteiger partial charge in [0.2, 0.25) is 0 Å². The molecule has 1 saturated heterocycles. The second-order valence-corrected chi connectivity index (χ2v) is 8.67. The summed E-state index contributed by atoms with van der Waals surface area (Å²) in [5.74, 6) is 6.18. The Hall–Kier alpha value is -3.31. The van der Waals surface area contributed by atoms with Gasteiger partial charge in [0.25, 0.3) is 0 Å². The summed E-state index contributed by atoms with van der Waals surface area (Å²) in [5, 5.41) is 3.62. The molecule has 0 saturated carbocycles. The van der Waals surface area contributed by atoms with Crippen LogP contribution in [0.4, 0.5) is 15.9 Å². The number of carbonyl (C=O) groups excluding carboxylic acids is 1. The normalized spacial score (nSPS) is 17.9. The molecular weight excluding hydrogens is 455 g/mol. The van der Waals surface area contributed by atoms with E-state index in [0.29, 0.717) is 34.4 Å². The van der Waals surface area contributed by atoms with Crippen LogP contribution in [-0.2, 0) is 16.0 Å². The van der Waals surface area contributed by atoms with Gasteiger partial charge in [-0.1, -0.05) is 36.1 Å². The van der Waals surface area contributed by atoms with Crippen molar-refractivity contribution in [3.63, 3.8) is 0 Å². The van der Waals surface area contributed by atoms with Gasteiger partial charge in [-0.3, -0.25) is 4.79 Å². The van der Waals surface area contributed by atoms with Crippen LogP contribution in [0, 0.1) is 17.7 Å². The summed E-state index contributed by atoms with van der Waals surface area (Å²) < 4.78 is 20.2. The Morgan fingerprint density at radius 3 is 2.94 bits per heavy atom. The molecule has 1 atom stereocenters. The minimum atomic E-state index is -0.577. The smallest absolute Gasteiger partial charge is 0.165 e. The van der Waals surface area contributed by atoms with Crippen molar-refractivity contribution in [2.45, 2.75) is 18.4 Å². The van der Waals surface area contributed by atoms with Crippen LogP contribution in [0.2, 0.25) is 5.02 Å². The van der Waals surface area contributed by atoms with Gasteiger partial charge in [0.05, 0.1) is 16.2 Å². The van der Waals surface area contributed by atoms with E-state index in [1.54, 1.807) is 19.2 Å². The SMILES string of the molecule is C=CC(=O)Cc1cc2c(Nc3cccc(Cl)c3F)ncnc2cc1C#CC1(OC)CCN(C)C1. The molecular formula is C26H24ClFN4O2. The van der Waals surface area contributed by atoms with Gasteiger partial charge >= 0.3 is 0 Å². The molecule has 6 nitrogen and oxygen atoms in total. The van der Waals surface area contributed by atoms with Crippen molar-refractivity contribution in [1.82, 2.24) is 14.9 Å². The second kappa shape index (κ2) is 9.90. The summed E-state index contributed by atoms with van der Waals surface area (Å²) in [6.45, 7) is 5.17. The maximum Gasteiger partial charge on any atom is 0.165 e. The molecule has 0 radical (unpaired) electrons. The quantitative estimate of drug-likeness (QED) is 0.414. The number of rotatable bonds is 6. The third kappa shape index (κ3) is 4.95. The lowest BCUT2D eigenvalue weighted by molar-refractivity contribution is -0.114. The van der Waals surface area contributed by atoms with Gasteiger partial charge in [0.15, 0.2) is 11.6 Å². The Bertz CT molecular complexity index is 1330. The highest BCUT2D eigenvalue weighted by Crippen LogP contribution is 2.30. The number of nitrogens with zero attached hydrogens (tertiary/aromatic N) is 3. The number of likely N-dealkylation sites (N-methyl/N-ethyl adjacent to an activating group) is 1. The van der Waals surface area contributed by atoms with E-state index < -0.39 is 11.4 Å². The third-order valence-corrected chi connectivity index (χ3v) is 6.19. The van der Waals surface area contributed by atoms with E-state index in [1.165, 1.54) is 18.5 Å². The van der Waals surface area contributed by atoms with Gasteiger partial charge in [-0.15, -0.1) is 0 Å². The van der Waals surface area contributed by atoms with E-state index in [4.69, 9.17) is 16.3 Å². The van der Waals surface area contributed by atoms with E-state index in [1.807, 2.05) is 19.2 Å². The van der Waals surface area contributed by atoms with Gasteiger partial charge in [-0.25, -0.2) is 14.4 Å². The van der Waals surface area contributed by atoms with Crippen molar-refractivity contribution < 1.29 is 13.9 Å². The van der Waals surface area contributed by atoms with Crippen LogP contribution >= 0.6 is 11.6 Å². The highest BCUT2D eigenvalue weighted by molar-refractivity contribution is 6.31. The zero-order valence-corrected chi connectivity index (χ0v) is 19.7. The standard InChI is InChI=1S/C26H24ClFN4O2/c1-4-19(33)12-18-13-20-23(14-17(18)8-9-26(34-3)10-11-32(2)15-26)29-16-30-25(20)31-22-7-5-6-21(27)24(22)28/h4-7,13-14,16H,1,10-12,15H2,2-3H3,(H,29,30,31). The van der Waals surface area contributed by atoms with E-state index in [2.05, 4.69) is 38.6 Å². The van der Waals surface area contributed by atoms with E-state index in [-0.39, 0.29) is 22.9 Å². The van der Waals surface area contributed by atoms with Crippen molar-refractivity contribution in [1.29, 1.82) is 0 Å². The zero-order chi connectivity index (χ0) is 24.3. The summed E-state index contributed by atoms with van der Waals surface area (Å²) in [7, 11) is 3.69. The Labute approximate surface area is 202 Å². The average Bonchev–Trinajstić information content (AvgIpc) is 3.22. The highest BCUT2D eigenvalue weighted by Gasteiger charge is 2.35.